The van der Waals surface area contributed by atoms with Crippen LogP contribution in [0.25, 0.3) is 0 Å². The van der Waals surface area contributed by atoms with E-state index in [0.717, 1.165) is 17.1 Å². The third-order valence-electron chi connectivity index (χ3n) is 3.28. The Balaban J connectivity index is 2.33. The Morgan fingerprint density at radius 3 is 1.72 bits per heavy atom. The molecule has 0 aliphatic rings. The van der Waals surface area contributed by atoms with E-state index >= 15 is 0 Å². The average Bonchev–Trinajstić information content (AvgIpc) is 2.47. The van der Waals surface area contributed by atoms with Crippen molar-refractivity contribution in [2.45, 2.75) is 11.8 Å². The molecule has 0 fully saturated rings. The van der Waals surface area contributed by atoms with Gasteiger partial charge in [0, 0.05) is 16.1 Å². The molecule has 0 atom stereocenters. The molecular weight excluding hydrogens is 352 g/mol. The van der Waals surface area contributed by atoms with Crippen LogP contribution in [-0.4, -0.2) is 10.7 Å². The van der Waals surface area contributed by atoms with Gasteiger partial charge in [0.05, 0.1) is 0 Å². The Morgan fingerprint density at radius 1 is 0.722 bits per heavy atom. The lowest BCUT2D eigenvalue weighted by Crippen LogP contribution is -2.32. The topological polar surface area (TPSA) is 0 Å². The van der Waals surface area contributed by atoms with Crippen LogP contribution in [0.3, 0.4) is 0 Å². The molecule has 94 valence electrons. The van der Waals surface area contributed by atoms with Gasteiger partial charge in [0.25, 0.3) is 0 Å². The van der Waals surface area contributed by atoms with E-state index in [0.29, 0.717) is 0 Å². The summed E-state index contributed by atoms with van der Waals surface area (Å²) in [4.78, 5) is 0. The van der Waals surface area contributed by atoms with Crippen molar-refractivity contribution in [3.63, 3.8) is 0 Å². The van der Waals surface area contributed by atoms with E-state index in [1.165, 1.54) is 11.1 Å². The molecule has 0 saturated heterocycles. The molecule has 0 N–H and O–H groups in total. The monoisotopic (exact) mass is 366 g/mol. The van der Waals surface area contributed by atoms with Gasteiger partial charge in [-0.2, -0.15) is 0 Å². The van der Waals surface area contributed by atoms with Gasteiger partial charge in [0.2, 0.25) is 0 Å². The SMILES string of the molecule is BrCC(CBr)(Cc1ccccc1)c1ccccc1. The highest BCUT2D eigenvalue weighted by atomic mass is 79.9. The summed E-state index contributed by atoms with van der Waals surface area (Å²) in [6.45, 7) is 0. The number of rotatable bonds is 5. The molecule has 0 aliphatic carbocycles. The Hall–Kier alpha value is -0.600. The maximum atomic E-state index is 3.70. The lowest BCUT2D eigenvalue weighted by atomic mass is 9.79. The van der Waals surface area contributed by atoms with Crippen molar-refractivity contribution < 1.29 is 0 Å². The van der Waals surface area contributed by atoms with E-state index in [9.17, 15) is 0 Å². The summed E-state index contributed by atoms with van der Waals surface area (Å²) in [7, 11) is 0. The third-order valence-corrected chi connectivity index (χ3v) is 5.43. The van der Waals surface area contributed by atoms with Crippen LogP contribution >= 0.6 is 31.9 Å². The maximum absolute atomic E-state index is 3.70. The van der Waals surface area contributed by atoms with Gasteiger partial charge in [-0.3, -0.25) is 0 Å². The van der Waals surface area contributed by atoms with Crippen LogP contribution in [0.4, 0.5) is 0 Å². The summed E-state index contributed by atoms with van der Waals surface area (Å²) in [5.41, 5.74) is 2.87. The number of alkyl halides is 2. The fourth-order valence-electron chi connectivity index (χ4n) is 2.16. The van der Waals surface area contributed by atoms with Gasteiger partial charge < -0.3 is 0 Å². The molecule has 2 heteroatoms. The first kappa shape index (κ1) is 13.8. The second kappa shape index (κ2) is 6.53. The number of hydrogen-bond acceptors (Lipinski definition) is 0. The zero-order chi connectivity index (χ0) is 12.8. The molecule has 0 aliphatic heterocycles. The molecule has 2 rings (SSSR count). The summed E-state index contributed by atoms with van der Waals surface area (Å²) < 4.78 is 0. The van der Waals surface area contributed by atoms with Crippen molar-refractivity contribution in [1.82, 2.24) is 0 Å². The highest BCUT2D eigenvalue weighted by Crippen LogP contribution is 2.32. The summed E-state index contributed by atoms with van der Waals surface area (Å²) in [5.74, 6) is 0. The highest BCUT2D eigenvalue weighted by Gasteiger charge is 2.30. The van der Waals surface area contributed by atoms with Gasteiger partial charge in [0.1, 0.15) is 0 Å². The lowest BCUT2D eigenvalue weighted by Gasteiger charge is -2.31. The zero-order valence-electron chi connectivity index (χ0n) is 10.2. The molecule has 0 saturated carbocycles. The third kappa shape index (κ3) is 3.04. The van der Waals surface area contributed by atoms with Crippen molar-refractivity contribution in [2.75, 3.05) is 10.7 Å². The Labute approximate surface area is 126 Å². The van der Waals surface area contributed by atoms with E-state index in [1.807, 2.05) is 0 Å². The van der Waals surface area contributed by atoms with Gasteiger partial charge in [-0.05, 0) is 17.5 Å². The molecular formula is C16H16Br2. The number of halogens is 2. The summed E-state index contributed by atoms with van der Waals surface area (Å²) in [6.07, 6.45) is 1.04. The maximum Gasteiger partial charge on any atom is 0.0187 e. The van der Waals surface area contributed by atoms with Crippen molar-refractivity contribution in [2.24, 2.45) is 0 Å². The highest BCUT2D eigenvalue weighted by molar-refractivity contribution is 9.09. The standard InChI is InChI=1S/C16H16Br2/c17-12-16(13-18,15-9-5-2-6-10-15)11-14-7-3-1-4-8-14/h1-10H,11-13H2. The fraction of sp³-hybridized carbons (Fsp3) is 0.250. The molecule has 0 amide bonds. The molecule has 0 heterocycles. The quantitative estimate of drug-likeness (QED) is 0.655. The zero-order valence-corrected chi connectivity index (χ0v) is 13.3. The smallest absolute Gasteiger partial charge is 0.0187 e. The van der Waals surface area contributed by atoms with Crippen molar-refractivity contribution >= 4 is 31.9 Å². The largest absolute Gasteiger partial charge is 0.0918 e. The molecule has 18 heavy (non-hydrogen) atoms. The molecule has 0 aromatic heterocycles. The predicted molar refractivity (Wildman–Crippen MR) is 85.9 cm³/mol. The minimum absolute atomic E-state index is 0.114. The van der Waals surface area contributed by atoms with E-state index in [-0.39, 0.29) is 5.41 Å². The van der Waals surface area contributed by atoms with Gasteiger partial charge in [-0.25, -0.2) is 0 Å². The van der Waals surface area contributed by atoms with Crippen LogP contribution < -0.4 is 0 Å². The Morgan fingerprint density at radius 2 is 1.22 bits per heavy atom. The van der Waals surface area contributed by atoms with Crippen LogP contribution in [0.15, 0.2) is 60.7 Å². The van der Waals surface area contributed by atoms with Crippen molar-refractivity contribution in [3.05, 3.63) is 71.8 Å². The first-order valence-electron chi connectivity index (χ1n) is 6.02. The van der Waals surface area contributed by atoms with Gasteiger partial charge >= 0.3 is 0 Å². The number of benzene rings is 2. The Bertz CT molecular complexity index is 461. The van der Waals surface area contributed by atoms with E-state index < -0.39 is 0 Å². The second-order valence-corrected chi connectivity index (χ2v) is 5.70. The first-order valence-corrected chi connectivity index (χ1v) is 8.26. The van der Waals surface area contributed by atoms with Gasteiger partial charge in [0.15, 0.2) is 0 Å². The van der Waals surface area contributed by atoms with Crippen LogP contribution in [0.5, 0.6) is 0 Å². The first-order chi connectivity index (χ1) is 8.80. The van der Waals surface area contributed by atoms with E-state index in [4.69, 9.17) is 0 Å². The molecule has 0 nitrogen and oxygen atoms in total. The fourth-order valence-corrected chi connectivity index (χ4v) is 4.14. The second-order valence-electron chi connectivity index (χ2n) is 4.58. The molecule has 0 unspecified atom stereocenters. The average molecular weight is 368 g/mol. The van der Waals surface area contributed by atoms with Crippen LogP contribution in [0.2, 0.25) is 0 Å². The summed E-state index contributed by atoms with van der Waals surface area (Å²) in [5, 5.41) is 1.90. The molecule has 2 aromatic rings. The lowest BCUT2D eigenvalue weighted by molar-refractivity contribution is 0.551. The van der Waals surface area contributed by atoms with Gasteiger partial charge in [-0.1, -0.05) is 92.5 Å². The number of hydrogen-bond donors (Lipinski definition) is 0. The molecule has 2 aromatic carbocycles. The molecule has 0 spiro atoms. The van der Waals surface area contributed by atoms with Crippen LogP contribution in [0, 0.1) is 0 Å². The molecule has 0 radical (unpaired) electrons. The van der Waals surface area contributed by atoms with Crippen LogP contribution in [0.1, 0.15) is 11.1 Å². The summed E-state index contributed by atoms with van der Waals surface area (Å²) >= 11 is 7.39. The minimum Gasteiger partial charge on any atom is -0.0918 e. The van der Waals surface area contributed by atoms with E-state index in [1.54, 1.807) is 0 Å². The van der Waals surface area contributed by atoms with Crippen molar-refractivity contribution in [1.29, 1.82) is 0 Å². The summed E-state index contributed by atoms with van der Waals surface area (Å²) in [6, 6.07) is 21.4. The van der Waals surface area contributed by atoms with Crippen molar-refractivity contribution in [3.8, 4) is 0 Å². The van der Waals surface area contributed by atoms with Crippen LogP contribution in [-0.2, 0) is 11.8 Å². The van der Waals surface area contributed by atoms with Gasteiger partial charge in [-0.15, -0.1) is 0 Å². The minimum atomic E-state index is 0.114. The molecule has 0 bridgehead atoms. The normalized spacial score (nSPS) is 11.4. The Kier molecular flexibility index (Phi) is 5.02. The predicted octanol–water partition coefficient (Wildman–Crippen LogP) is 4.96. The van der Waals surface area contributed by atoms with E-state index in [2.05, 4.69) is 92.5 Å².